The number of pyridine rings is 1. The molecule has 0 spiro atoms. The van der Waals surface area contributed by atoms with Gasteiger partial charge in [-0.1, -0.05) is 0 Å². The van der Waals surface area contributed by atoms with Crippen molar-refractivity contribution in [3.63, 3.8) is 0 Å². The number of fused-ring (bicyclic) bond motifs is 4. The van der Waals surface area contributed by atoms with Gasteiger partial charge < -0.3 is 18.8 Å². The fraction of sp³-hybridized carbons (Fsp3) is 0.375. The van der Waals surface area contributed by atoms with Gasteiger partial charge in [-0.15, -0.1) is 0 Å². The lowest BCUT2D eigenvalue weighted by atomic mass is 9.88. The fourth-order valence-electron chi connectivity index (χ4n) is 5.32. The lowest BCUT2D eigenvalue weighted by molar-refractivity contribution is -0.137. The number of halogens is 3. The zero-order valence-corrected chi connectivity index (χ0v) is 18.3. The summed E-state index contributed by atoms with van der Waals surface area (Å²) in [5, 5.41) is 0. The standard InChI is InChI=1S/C24H21F3N4O3/c1-14-10-30(13-28-14)18-3-4-19-21(32)29(6-7-31(19)22(18)33)12-23-9-16(23)11-34-20-5-2-15(8-17(20)23)24(25,26)27/h2-5,8,10,13,16H,6-7,9,11-12H2,1H3/t16-,23+/m1/s1. The number of aromatic nitrogens is 3. The lowest BCUT2D eigenvalue weighted by Gasteiger charge is -2.35. The van der Waals surface area contributed by atoms with Gasteiger partial charge in [0.15, 0.2) is 0 Å². The Morgan fingerprint density at radius 2 is 2.00 bits per heavy atom. The fourth-order valence-corrected chi connectivity index (χ4v) is 5.32. The third-order valence-electron chi connectivity index (χ3n) is 7.23. The zero-order chi connectivity index (χ0) is 23.8. The molecule has 1 aliphatic carbocycles. The van der Waals surface area contributed by atoms with Crippen molar-refractivity contribution in [2.24, 2.45) is 5.92 Å². The van der Waals surface area contributed by atoms with Crippen LogP contribution >= 0.6 is 0 Å². The smallest absolute Gasteiger partial charge is 0.416 e. The van der Waals surface area contributed by atoms with Crippen molar-refractivity contribution in [1.82, 2.24) is 19.0 Å². The van der Waals surface area contributed by atoms with E-state index in [1.54, 1.807) is 34.1 Å². The molecule has 0 unspecified atom stereocenters. The average molecular weight is 470 g/mol. The van der Waals surface area contributed by atoms with Crippen LogP contribution in [0.3, 0.4) is 0 Å². The van der Waals surface area contributed by atoms with E-state index >= 15 is 0 Å². The number of carbonyl (C=O) groups is 1. The van der Waals surface area contributed by atoms with Crippen LogP contribution in [0.5, 0.6) is 5.75 Å². The Kier molecular flexibility index (Phi) is 4.31. The van der Waals surface area contributed by atoms with Crippen LogP contribution in [0.2, 0.25) is 0 Å². The van der Waals surface area contributed by atoms with E-state index in [1.807, 2.05) is 6.92 Å². The van der Waals surface area contributed by atoms with Gasteiger partial charge in [0.05, 0.1) is 24.2 Å². The summed E-state index contributed by atoms with van der Waals surface area (Å²) in [5.74, 6) is 0.215. The van der Waals surface area contributed by atoms with Gasteiger partial charge in [-0.25, -0.2) is 4.98 Å². The van der Waals surface area contributed by atoms with Gasteiger partial charge in [-0.05, 0) is 43.7 Å². The minimum absolute atomic E-state index is 0.0623. The second-order valence-corrected chi connectivity index (χ2v) is 9.29. The number of aryl methyl sites for hydroxylation is 1. The van der Waals surface area contributed by atoms with Gasteiger partial charge in [0.1, 0.15) is 17.1 Å². The second-order valence-electron chi connectivity index (χ2n) is 9.29. The molecule has 0 saturated heterocycles. The van der Waals surface area contributed by atoms with E-state index in [4.69, 9.17) is 4.74 Å². The minimum atomic E-state index is -4.45. The van der Waals surface area contributed by atoms with Crippen molar-refractivity contribution in [2.45, 2.75) is 31.5 Å². The molecule has 10 heteroatoms. The number of nitrogens with zero attached hydrogens (tertiary/aromatic N) is 4. The van der Waals surface area contributed by atoms with Gasteiger partial charge in [0, 0.05) is 42.7 Å². The largest absolute Gasteiger partial charge is 0.493 e. The molecule has 2 aromatic heterocycles. The van der Waals surface area contributed by atoms with Gasteiger partial charge in [-0.2, -0.15) is 13.2 Å². The van der Waals surface area contributed by atoms with Gasteiger partial charge >= 0.3 is 6.18 Å². The van der Waals surface area contributed by atoms with Crippen LogP contribution < -0.4 is 10.3 Å². The first-order valence-electron chi connectivity index (χ1n) is 11.1. The highest BCUT2D eigenvalue weighted by molar-refractivity contribution is 5.93. The van der Waals surface area contributed by atoms with Crippen LogP contribution in [0.4, 0.5) is 13.2 Å². The van der Waals surface area contributed by atoms with Crippen molar-refractivity contribution in [1.29, 1.82) is 0 Å². The highest BCUT2D eigenvalue weighted by atomic mass is 19.4. The van der Waals surface area contributed by atoms with Crippen molar-refractivity contribution in [3.8, 4) is 11.4 Å². The Labute approximate surface area is 192 Å². The van der Waals surface area contributed by atoms with Crippen LogP contribution in [-0.2, 0) is 18.1 Å². The molecule has 0 bridgehead atoms. The topological polar surface area (TPSA) is 69.4 Å². The van der Waals surface area contributed by atoms with Crippen molar-refractivity contribution in [3.05, 3.63) is 75.7 Å². The molecule has 176 valence electrons. The first-order valence-corrected chi connectivity index (χ1v) is 11.1. The van der Waals surface area contributed by atoms with Crippen molar-refractivity contribution < 1.29 is 22.7 Å². The summed E-state index contributed by atoms with van der Waals surface area (Å²) < 4.78 is 48.9. The zero-order valence-electron chi connectivity index (χ0n) is 18.3. The Bertz CT molecular complexity index is 1390. The Morgan fingerprint density at radius 3 is 2.74 bits per heavy atom. The number of ether oxygens (including phenoxy) is 1. The monoisotopic (exact) mass is 470 g/mol. The second kappa shape index (κ2) is 6.97. The predicted molar refractivity (Wildman–Crippen MR) is 115 cm³/mol. The minimum Gasteiger partial charge on any atom is -0.493 e. The molecular weight excluding hydrogens is 449 g/mol. The molecule has 1 aromatic carbocycles. The van der Waals surface area contributed by atoms with E-state index in [9.17, 15) is 22.8 Å². The molecule has 1 amide bonds. The van der Waals surface area contributed by atoms with Gasteiger partial charge in [0.2, 0.25) is 0 Å². The average Bonchev–Trinajstić information content (AvgIpc) is 3.37. The molecule has 1 fully saturated rings. The predicted octanol–water partition coefficient (Wildman–Crippen LogP) is 3.17. The number of carbonyl (C=O) groups excluding carboxylic acids is 1. The van der Waals surface area contributed by atoms with Crippen molar-refractivity contribution in [2.75, 3.05) is 19.7 Å². The number of amides is 1. The molecule has 7 nitrogen and oxygen atoms in total. The maximum absolute atomic E-state index is 13.4. The molecule has 0 radical (unpaired) electrons. The summed E-state index contributed by atoms with van der Waals surface area (Å²) in [6.07, 6.45) is -0.494. The van der Waals surface area contributed by atoms with E-state index < -0.39 is 17.2 Å². The number of imidazole rings is 1. The van der Waals surface area contributed by atoms with E-state index in [1.165, 1.54) is 16.7 Å². The first-order chi connectivity index (χ1) is 16.2. The molecule has 3 aromatic rings. The highest BCUT2D eigenvalue weighted by Gasteiger charge is 2.60. The summed E-state index contributed by atoms with van der Waals surface area (Å²) in [6, 6.07) is 6.81. The quantitative estimate of drug-likeness (QED) is 0.590. The molecule has 1 saturated carbocycles. The molecule has 2 aliphatic heterocycles. The summed E-state index contributed by atoms with van der Waals surface area (Å²) in [6.45, 7) is 3.16. The summed E-state index contributed by atoms with van der Waals surface area (Å²) in [5.41, 5.74) is 0.420. The van der Waals surface area contributed by atoms with Crippen LogP contribution in [0.15, 0.2) is 47.7 Å². The number of hydrogen-bond donors (Lipinski definition) is 0. The van der Waals surface area contributed by atoms with Gasteiger partial charge in [-0.3, -0.25) is 9.59 Å². The third-order valence-corrected chi connectivity index (χ3v) is 7.23. The van der Waals surface area contributed by atoms with Crippen LogP contribution in [0.25, 0.3) is 5.69 Å². The molecule has 4 heterocycles. The Hall–Kier alpha value is -3.56. The number of benzene rings is 1. The van der Waals surface area contributed by atoms with E-state index in [-0.39, 0.29) is 23.1 Å². The lowest BCUT2D eigenvalue weighted by Crippen LogP contribution is -2.48. The van der Waals surface area contributed by atoms with Crippen molar-refractivity contribution >= 4 is 5.91 Å². The number of hydrogen-bond acceptors (Lipinski definition) is 4. The molecular formula is C24H21F3N4O3. The summed E-state index contributed by atoms with van der Waals surface area (Å²) in [7, 11) is 0. The molecule has 34 heavy (non-hydrogen) atoms. The summed E-state index contributed by atoms with van der Waals surface area (Å²) >= 11 is 0. The third kappa shape index (κ3) is 3.08. The van der Waals surface area contributed by atoms with E-state index in [2.05, 4.69) is 4.98 Å². The van der Waals surface area contributed by atoms with Crippen LogP contribution in [0.1, 0.15) is 33.7 Å². The van der Waals surface area contributed by atoms with E-state index in [0.717, 1.165) is 11.8 Å². The Balaban J connectivity index is 1.32. The molecule has 3 aliphatic rings. The van der Waals surface area contributed by atoms with E-state index in [0.29, 0.717) is 49.7 Å². The SMILES string of the molecule is Cc1cn(-c2ccc3n(c2=O)CCN(C[C@@]24C[C@@H]2COc2ccc(C(F)(F)F)cc24)C3=O)cn1. The first kappa shape index (κ1) is 21.0. The molecule has 0 N–H and O–H groups in total. The Morgan fingerprint density at radius 1 is 1.18 bits per heavy atom. The number of rotatable bonds is 3. The molecule has 6 rings (SSSR count). The molecule has 2 atom stereocenters. The van der Waals surface area contributed by atoms with Crippen LogP contribution in [-0.4, -0.2) is 44.6 Å². The van der Waals surface area contributed by atoms with Gasteiger partial charge in [0.25, 0.3) is 11.5 Å². The summed E-state index contributed by atoms with van der Waals surface area (Å²) in [4.78, 5) is 32.2. The maximum Gasteiger partial charge on any atom is 0.416 e. The normalized spacial score (nSPS) is 23.1. The highest BCUT2D eigenvalue weighted by Crippen LogP contribution is 2.60. The number of alkyl halides is 3. The maximum atomic E-state index is 13.4. The van der Waals surface area contributed by atoms with Crippen LogP contribution in [0, 0.1) is 12.8 Å².